The van der Waals surface area contributed by atoms with Crippen molar-refractivity contribution < 1.29 is 33.4 Å². The predicted molar refractivity (Wildman–Crippen MR) is 262 cm³/mol. The molecule has 0 amide bonds. The molecular weight excluding hydrogens is 917 g/mol. The normalized spacial score (nSPS) is 12.2. The first-order chi connectivity index (χ1) is 34.2. The Hall–Kier alpha value is -9.08. The van der Waals surface area contributed by atoms with Gasteiger partial charge >= 0.3 is 17.9 Å². The van der Waals surface area contributed by atoms with Crippen LogP contribution in [0.2, 0.25) is 0 Å². The monoisotopic (exact) mass is 964 g/mol. The van der Waals surface area contributed by atoms with Gasteiger partial charge in [-0.15, -0.1) is 0 Å². The van der Waals surface area contributed by atoms with E-state index in [2.05, 4.69) is 42.1 Å². The summed E-state index contributed by atoms with van der Waals surface area (Å²) in [5.41, 5.74) is 9.32. The fourth-order valence-electron chi connectivity index (χ4n) is 6.36. The van der Waals surface area contributed by atoms with Crippen molar-refractivity contribution in [2.45, 2.75) is 6.92 Å². The third kappa shape index (κ3) is 14.0. The number of carbonyl (C=O) groups excluding carboxylic acids is 4. The highest BCUT2D eigenvalue weighted by Gasteiger charge is 2.16. The number of anilines is 4. The van der Waals surface area contributed by atoms with Gasteiger partial charge in [0.15, 0.2) is 16.5 Å². The fourth-order valence-corrected chi connectivity index (χ4v) is 6.36. The van der Waals surface area contributed by atoms with E-state index in [-0.39, 0.29) is 83.2 Å². The topological polar surface area (TPSA) is 268 Å². The molecule has 0 aliphatic carbocycles. The van der Waals surface area contributed by atoms with Crippen LogP contribution in [-0.4, -0.2) is 94.1 Å². The molecule has 71 heavy (non-hydrogen) atoms. The molecule has 4 N–H and O–H groups in total. The molecule has 0 aliphatic heterocycles. The number of carbonyl (C=O) groups is 4. The second-order valence-electron chi connectivity index (χ2n) is 15.7. The van der Waals surface area contributed by atoms with Crippen LogP contribution in [-0.2, 0) is 14.2 Å². The molecule has 6 aromatic carbocycles. The Morgan fingerprint density at radius 2 is 0.761 bits per heavy atom. The Morgan fingerprint density at radius 3 is 1.13 bits per heavy atom. The van der Waals surface area contributed by atoms with E-state index in [0.29, 0.717) is 17.8 Å². The quantitative estimate of drug-likeness (QED) is 0.0344. The lowest BCUT2D eigenvalue weighted by atomic mass is 10.1. The highest BCUT2D eigenvalue weighted by molar-refractivity contribution is 5.99. The number of likely N-dealkylation sites (N-methyl/N-ethyl adjacent to an activating group) is 2. The van der Waals surface area contributed by atoms with Crippen molar-refractivity contribution >= 4 is 46.4 Å². The van der Waals surface area contributed by atoms with Crippen LogP contribution in [0.25, 0.3) is 0 Å². The number of benzene rings is 6. The third-order valence-electron chi connectivity index (χ3n) is 10.2. The van der Waals surface area contributed by atoms with Crippen LogP contribution in [0.1, 0.15) is 48.4 Å². The third-order valence-corrected chi connectivity index (χ3v) is 10.2. The van der Waals surface area contributed by atoms with Gasteiger partial charge in [0.1, 0.15) is 30.5 Å². The van der Waals surface area contributed by atoms with Crippen LogP contribution in [0.15, 0.2) is 161 Å². The molecule has 0 unspecified atom stereocenters. The van der Waals surface area contributed by atoms with Crippen molar-refractivity contribution in [2.75, 3.05) is 82.3 Å². The van der Waals surface area contributed by atoms with Crippen molar-refractivity contribution in [3.63, 3.8) is 0 Å². The average molecular weight is 965 g/mol. The van der Waals surface area contributed by atoms with Gasteiger partial charge in [0, 0.05) is 25.2 Å². The van der Waals surface area contributed by atoms with Gasteiger partial charge in [0.25, 0.3) is 0 Å². The lowest BCUT2D eigenvalue weighted by Gasteiger charge is -2.17. The minimum Gasteiger partial charge on any atom is -0.461 e. The molecule has 364 valence electrons. The molecule has 0 bridgehead atoms. The maximum Gasteiger partial charge on any atom is 0.340 e. The molecule has 21 heteroatoms. The van der Waals surface area contributed by atoms with Crippen molar-refractivity contribution in [1.82, 2.24) is 9.80 Å². The van der Waals surface area contributed by atoms with Gasteiger partial charge in [-0.3, -0.25) is 50.6 Å². The predicted octanol–water partition coefficient (Wildman–Crippen LogP) is 1.46. The summed E-state index contributed by atoms with van der Waals surface area (Å²) in [6.45, 7) is 2.48. The van der Waals surface area contributed by atoms with E-state index >= 15 is 0 Å². The van der Waals surface area contributed by atoms with Gasteiger partial charge in [0.05, 0.1) is 39.4 Å². The smallest absolute Gasteiger partial charge is 0.340 e. The van der Waals surface area contributed by atoms with E-state index in [9.17, 15) is 38.4 Å². The largest absolute Gasteiger partial charge is 0.461 e. The summed E-state index contributed by atoms with van der Waals surface area (Å²) in [7, 11) is 5.42. The number of nitrogens with zero attached hydrogens (tertiary/aromatic N) is 6. The number of para-hydroxylation sites is 4. The number of Topliss-reactive ketones (excluding diaryl/α,β-unsaturated/α-hetero) is 1. The van der Waals surface area contributed by atoms with Crippen molar-refractivity contribution in [2.24, 2.45) is 20.4 Å². The van der Waals surface area contributed by atoms with Gasteiger partial charge in [-0.05, 0) is 101 Å². The fraction of sp³-hybridized carbons (Fsp3) is 0.200. The molecule has 6 rings (SSSR count). The second-order valence-corrected chi connectivity index (χ2v) is 15.7. The highest BCUT2D eigenvalue weighted by Crippen LogP contribution is 2.19. The van der Waals surface area contributed by atoms with Crippen LogP contribution >= 0.6 is 0 Å². The van der Waals surface area contributed by atoms with Crippen LogP contribution in [0.5, 0.6) is 0 Å². The Labute approximate surface area is 404 Å². The van der Waals surface area contributed by atoms with Gasteiger partial charge < -0.3 is 19.1 Å². The van der Waals surface area contributed by atoms with E-state index in [4.69, 9.17) is 14.2 Å². The summed E-state index contributed by atoms with van der Waals surface area (Å²) in [5, 5.41) is 14.9. The minimum atomic E-state index is -0.817. The van der Waals surface area contributed by atoms with Crippen LogP contribution < -0.4 is 64.8 Å². The molecule has 0 aliphatic rings. The summed E-state index contributed by atoms with van der Waals surface area (Å²) in [6, 6.07) is 30.1. The second kappa shape index (κ2) is 24.8. The number of hydrogen-bond donors (Lipinski definition) is 4. The van der Waals surface area contributed by atoms with Gasteiger partial charge in [-0.1, -0.05) is 48.5 Å². The Balaban J connectivity index is 1.02. The number of nitrogens with one attached hydrogen (secondary N) is 4. The molecule has 6 aromatic rings. The number of hydrogen-bond acceptors (Lipinski definition) is 21. The zero-order valence-corrected chi connectivity index (χ0v) is 39.0. The minimum absolute atomic E-state index is 0.0391. The molecule has 0 spiro atoms. The Morgan fingerprint density at radius 1 is 0.437 bits per heavy atom. The average Bonchev–Trinajstić information content (AvgIpc) is 3.36. The van der Waals surface area contributed by atoms with E-state index < -0.39 is 50.3 Å². The summed E-state index contributed by atoms with van der Waals surface area (Å²) in [5.74, 6) is -2.24. The first kappa shape index (κ1) is 51.3. The van der Waals surface area contributed by atoms with E-state index in [1.165, 1.54) is 37.3 Å². The summed E-state index contributed by atoms with van der Waals surface area (Å²) < 4.78 is 16.3. The van der Waals surface area contributed by atoms with Crippen LogP contribution in [0.3, 0.4) is 0 Å². The van der Waals surface area contributed by atoms with Gasteiger partial charge in [-0.2, -0.15) is 20.4 Å². The summed E-state index contributed by atoms with van der Waals surface area (Å²) in [6.07, 6.45) is 0. The molecule has 0 fully saturated rings. The molecule has 0 saturated heterocycles. The van der Waals surface area contributed by atoms with Crippen LogP contribution in [0.4, 0.5) is 22.7 Å². The summed E-state index contributed by atoms with van der Waals surface area (Å²) >= 11 is 0. The van der Waals surface area contributed by atoms with E-state index in [1.54, 1.807) is 90.8 Å². The lowest BCUT2D eigenvalue weighted by molar-refractivity contribution is 0.0418. The molecule has 0 aromatic heterocycles. The Bertz CT molecular complexity index is 3420. The van der Waals surface area contributed by atoms with Crippen LogP contribution in [0, 0.1) is 0 Å². The number of rotatable bonds is 21. The first-order valence-electron chi connectivity index (χ1n) is 21.8. The lowest BCUT2D eigenvalue weighted by Crippen LogP contribution is -2.48. The highest BCUT2D eigenvalue weighted by atomic mass is 16.5. The van der Waals surface area contributed by atoms with E-state index in [1.807, 2.05) is 19.0 Å². The van der Waals surface area contributed by atoms with E-state index in [0.717, 1.165) is 12.1 Å². The molecule has 0 atom stereocenters. The number of esters is 3. The van der Waals surface area contributed by atoms with Gasteiger partial charge in [-0.25, -0.2) is 14.4 Å². The number of ether oxygens (including phenoxy) is 3. The molecule has 0 heterocycles. The number of ketones is 1. The van der Waals surface area contributed by atoms with Gasteiger partial charge in [0.2, 0.25) is 21.7 Å². The van der Waals surface area contributed by atoms with Crippen molar-refractivity contribution in [3.05, 3.63) is 206 Å². The molecular formula is C50H48N10O11. The van der Waals surface area contributed by atoms with Crippen molar-refractivity contribution in [3.8, 4) is 0 Å². The zero-order valence-electron chi connectivity index (χ0n) is 39.0. The first-order valence-corrected chi connectivity index (χ1v) is 21.8. The summed E-state index contributed by atoms with van der Waals surface area (Å²) in [4.78, 5) is 106. The Kier molecular flexibility index (Phi) is 17.9. The zero-order chi connectivity index (χ0) is 50.9. The molecule has 21 nitrogen and oxygen atoms in total. The maximum absolute atomic E-state index is 13.3. The molecule has 0 radical (unpaired) electrons. The maximum atomic E-state index is 13.3. The molecule has 0 saturated carbocycles. The van der Waals surface area contributed by atoms with Crippen molar-refractivity contribution in [1.29, 1.82) is 0 Å². The SMILES string of the molecule is CC(=O)c1ccccc1NN=c1c(=O)ccc(=NNc2ccccc2C(=O)OCCN(C)CCOC(=O)c2ccccc2NN=c2ccc(=O)c(=NNc3ccccc3C(=O)OCCN(C)C)c2=O)c1=O. The standard InChI is InChI=1S/C50H48N10O11/c1-31(61)32-13-5-9-17-36(32)53-57-44-42(62)23-21-40(46(44)64)55-51-37-18-10-6-14-33(37)49(67)70-29-26-60(4)27-30-71-50(68)34-15-7-11-19-38(34)52-56-41-22-24-43(63)45(47(41)65)58-54-39-20-12-8-16-35(39)48(66)69-28-25-59(2)3/h5-24,51-54H,25-30H2,1-4H3.